The van der Waals surface area contributed by atoms with Crippen LogP contribution in [-0.2, 0) is 28.6 Å². The Bertz CT molecular complexity index is 984. The Hall–Kier alpha value is -2.45. The molecule has 0 radical (unpaired) electrons. The molecule has 0 aromatic carbocycles. The summed E-state index contributed by atoms with van der Waals surface area (Å²) in [5.41, 5.74) is 0. The molecule has 2 unspecified atom stereocenters. The monoisotopic (exact) mass is 762 g/mol. The van der Waals surface area contributed by atoms with Gasteiger partial charge in [-0.2, -0.15) is 0 Å². The van der Waals surface area contributed by atoms with Gasteiger partial charge < -0.3 is 28.6 Å². The number of ether oxygens (including phenoxy) is 3. The van der Waals surface area contributed by atoms with E-state index in [1.165, 1.54) is 89.9 Å². The van der Waals surface area contributed by atoms with Gasteiger partial charge in [-0.05, 0) is 32.1 Å². The van der Waals surface area contributed by atoms with E-state index in [1.54, 1.807) is 21.1 Å². The van der Waals surface area contributed by atoms with Gasteiger partial charge in [0.15, 0.2) is 6.10 Å². The Labute approximate surface area is 332 Å². The first-order valence-corrected chi connectivity index (χ1v) is 22.0. The molecule has 0 bridgehead atoms. The van der Waals surface area contributed by atoms with Crippen LogP contribution in [-0.4, -0.2) is 75.5 Å². The third kappa shape index (κ3) is 35.3. The highest BCUT2D eigenvalue weighted by Crippen LogP contribution is 2.15. The van der Waals surface area contributed by atoms with Crippen molar-refractivity contribution in [2.75, 3.05) is 41.0 Å². The fraction of sp³-hybridized carbons (Fsp3) is 0.804. The predicted molar refractivity (Wildman–Crippen MR) is 222 cm³/mol. The lowest BCUT2D eigenvalue weighted by molar-refractivity contribution is -0.889. The molecule has 0 N–H and O–H groups in total. The first-order valence-electron chi connectivity index (χ1n) is 22.0. The fourth-order valence-corrected chi connectivity index (χ4v) is 6.42. The number of rotatable bonds is 39. The summed E-state index contributed by atoms with van der Waals surface area (Å²) in [4.78, 5) is 36.8. The van der Waals surface area contributed by atoms with E-state index in [0.29, 0.717) is 12.8 Å². The highest BCUT2D eigenvalue weighted by atomic mass is 16.6. The highest BCUT2D eigenvalue weighted by molar-refractivity contribution is 5.70. The van der Waals surface area contributed by atoms with Crippen molar-refractivity contribution in [3.05, 3.63) is 36.5 Å². The molecule has 0 saturated carbocycles. The second kappa shape index (κ2) is 37.5. The molecule has 0 aromatic rings. The van der Waals surface area contributed by atoms with Gasteiger partial charge in [0.2, 0.25) is 0 Å². The molecular formula is C46H83NO7. The van der Waals surface area contributed by atoms with E-state index < -0.39 is 18.1 Å². The van der Waals surface area contributed by atoms with Crippen molar-refractivity contribution in [2.45, 2.75) is 199 Å². The van der Waals surface area contributed by atoms with Gasteiger partial charge in [0.1, 0.15) is 12.6 Å². The van der Waals surface area contributed by atoms with Crippen LogP contribution in [0.5, 0.6) is 0 Å². The lowest BCUT2D eigenvalue weighted by atomic mass is 10.0. The molecule has 0 amide bonds. The number of carbonyl (C=O) groups excluding carboxylic acids is 3. The van der Waals surface area contributed by atoms with Gasteiger partial charge in [0.25, 0.3) is 0 Å². The topological polar surface area (TPSA) is 102 Å². The van der Waals surface area contributed by atoms with E-state index >= 15 is 0 Å². The SMILES string of the molecule is CC/C=C/C=C/C=C/CCCCCCCC(=O)OC(COCCC(C(=O)[O-])[N+](C)(C)C)COC(=O)CCCCCCCCCCCCCCCCCCC. The number of likely N-dealkylation sites (N-methyl/N-ethyl adjacent to an activating group) is 1. The third-order valence-electron chi connectivity index (χ3n) is 9.85. The molecule has 0 aromatic heterocycles. The Balaban J connectivity index is 4.32. The zero-order valence-electron chi connectivity index (χ0n) is 35.6. The van der Waals surface area contributed by atoms with Crippen LogP contribution in [0, 0.1) is 0 Å². The van der Waals surface area contributed by atoms with Crippen molar-refractivity contribution in [3.8, 4) is 0 Å². The van der Waals surface area contributed by atoms with Gasteiger partial charge in [-0.15, -0.1) is 0 Å². The number of unbranched alkanes of at least 4 members (excludes halogenated alkanes) is 21. The largest absolute Gasteiger partial charge is 0.544 e. The maximum atomic E-state index is 12.7. The molecule has 0 heterocycles. The van der Waals surface area contributed by atoms with E-state index in [0.717, 1.165) is 64.2 Å². The van der Waals surface area contributed by atoms with Crippen LogP contribution in [0.2, 0.25) is 0 Å². The van der Waals surface area contributed by atoms with Gasteiger partial charge in [-0.1, -0.05) is 172 Å². The van der Waals surface area contributed by atoms with Gasteiger partial charge in [-0.3, -0.25) is 9.59 Å². The van der Waals surface area contributed by atoms with E-state index in [9.17, 15) is 19.5 Å². The average molecular weight is 762 g/mol. The lowest BCUT2D eigenvalue weighted by Gasteiger charge is -2.34. The zero-order chi connectivity index (χ0) is 40.0. The van der Waals surface area contributed by atoms with Crippen LogP contribution in [0.25, 0.3) is 0 Å². The maximum absolute atomic E-state index is 12.7. The van der Waals surface area contributed by atoms with Crippen LogP contribution >= 0.6 is 0 Å². The average Bonchev–Trinajstić information content (AvgIpc) is 3.12. The quantitative estimate of drug-likeness (QED) is 0.0266. The maximum Gasteiger partial charge on any atom is 0.306 e. The summed E-state index contributed by atoms with van der Waals surface area (Å²) in [5.74, 6) is -1.76. The minimum Gasteiger partial charge on any atom is -0.544 e. The van der Waals surface area contributed by atoms with Crippen LogP contribution in [0.15, 0.2) is 36.5 Å². The molecule has 0 rings (SSSR count). The first-order chi connectivity index (χ1) is 26.1. The summed E-state index contributed by atoms with van der Waals surface area (Å²) >= 11 is 0. The van der Waals surface area contributed by atoms with Crippen LogP contribution in [0.3, 0.4) is 0 Å². The van der Waals surface area contributed by atoms with Gasteiger partial charge in [-0.25, -0.2) is 0 Å². The number of carbonyl (C=O) groups is 3. The summed E-state index contributed by atoms with van der Waals surface area (Å²) in [7, 11) is 5.40. The van der Waals surface area contributed by atoms with Crippen molar-refractivity contribution >= 4 is 17.9 Å². The minimum absolute atomic E-state index is 0.0344. The number of aliphatic carboxylic acids is 1. The minimum atomic E-state index is -1.13. The molecule has 8 heteroatoms. The number of quaternary nitrogens is 1. The fourth-order valence-electron chi connectivity index (χ4n) is 6.42. The Morgan fingerprint density at radius 1 is 0.574 bits per heavy atom. The molecule has 0 aliphatic heterocycles. The Morgan fingerprint density at radius 2 is 1.04 bits per heavy atom. The van der Waals surface area contributed by atoms with Crippen LogP contribution < -0.4 is 5.11 Å². The molecular weight excluding hydrogens is 679 g/mol. The molecule has 0 spiro atoms. The number of carboxylic acid groups (broad SMARTS) is 1. The Morgan fingerprint density at radius 3 is 1.52 bits per heavy atom. The van der Waals surface area contributed by atoms with Crippen LogP contribution in [0.4, 0.5) is 0 Å². The van der Waals surface area contributed by atoms with E-state index in [1.807, 2.05) is 6.08 Å². The van der Waals surface area contributed by atoms with Crippen molar-refractivity contribution < 1.29 is 38.2 Å². The van der Waals surface area contributed by atoms with Crippen molar-refractivity contribution in [1.29, 1.82) is 0 Å². The van der Waals surface area contributed by atoms with E-state index in [4.69, 9.17) is 14.2 Å². The normalized spacial score (nSPS) is 13.3. The van der Waals surface area contributed by atoms with Gasteiger partial charge in [0.05, 0.1) is 40.3 Å². The van der Waals surface area contributed by atoms with Crippen molar-refractivity contribution in [1.82, 2.24) is 0 Å². The summed E-state index contributed by atoms with van der Waals surface area (Å²) in [6.45, 7) is 4.52. The van der Waals surface area contributed by atoms with Crippen molar-refractivity contribution in [2.24, 2.45) is 0 Å². The number of allylic oxidation sites excluding steroid dienone is 6. The van der Waals surface area contributed by atoms with Gasteiger partial charge in [0, 0.05) is 19.3 Å². The Kier molecular flexibility index (Phi) is 35.8. The number of carboxylic acids is 1. The predicted octanol–water partition coefficient (Wildman–Crippen LogP) is 10.5. The number of hydrogen-bond donors (Lipinski definition) is 0. The number of nitrogens with zero attached hydrogens (tertiary/aromatic N) is 1. The first kappa shape index (κ1) is 51.5. The second-order valence-electron chi connectivity index (χ2n) is 16.0. The molecule has 314 valence electrons. The summed E-state index contributed by atoms with van der Waals surface area (Å²) < 4.78 is 17.1. The standard InChI is InChI=1S/C46H83NO7/c1-6-8-10-12-14-16-18-20-21-22-23-25-26-28-30-32-34-36-44(48)53-41-42(40-52-39-38-43(46(50)51)47(3,4)5)54-45(49)37-35-33-31-29-27-24-19-17-15-13-11-9-7-2/h9,11,13,15,17,19,42-43H,6-8,10,12,14,16,18,20-41H2,1-5H3/b11-9+,15-13+,19-17+. The molecule has 0 aliphatic rings. The van der Waals surface area contributed by atoms with Crippen LogP contribution in [0.1, 0.15) is 187 Å². The molecule has 2 atom stereocenters. The third-order valence-corrected chi connectivity index (χ3v) is 9.85. The highest BCUT2D eigenvalue weighted by Gasteiger charge is 2.25. The van der Waals surface area contributed by atoms with E-state index in [2.05, 4.69) is 44.2 Å². The smallest absolute Gasteiger partial charge is 0.306 e. The molecule has 0 saturated heterocycles. The number of esters is 2. The van der Waals surface area contributed by atoms with Crippen molar-refractivity contribution in [3.63, 3.8) is 0 Å². The molecule has 0 fully saturated rings. The van der Waals surface area contributed by atoms with E-state index in [-0.39, 0.29) is 42.7 Å². The zero-order valence-corrected chi connectivity index (χ0v) is 35.6. The molecule has 8 nitrogen and oxygen atoms in total. The number of hydrogen-bond acceptors (Lipinski definition) is 7. The summed E-state index contributed by atoms with van der Waals surface area (Å²) in [5, 5.41) is 11.6. The second-order valence-corrected chi connectivity index (χ2v) is 16.0. The molecule has 0 aliphatic carbocycles. The lowest BCUT2D eigenvalue weighted by Crippen LogP contribution is -2.55. The summed E-state index contributed by atoms with van der Waals surface area (Å²) in [6, 6.07) is -0.728. The summed E-state index contributed by atoms with van der Waals surface area (Å²) in [6.07, 6.45) is 41.7. The molecule has 54 heavy (non-hydrogen) atoms. The van der Waals surface area contributed by atoms with Gasteiger partial charge >= 0.3 is 11.9 Å².